The van der Waals surface area contributed by atoms with E-state index in [9.17, 15) is 8.42 Å². The molecule has 0 aliphatic carbocycles. The van der Waals surface area contributed by atoms with Crippen LogP contribution in [0.1, 0.15) is 19.7 Å². The minimum atomic E-state index is -3.41. The number of H-pyrrole nitrogens is 1. The molecule has 6 nitrogen and oxygen atoms in total. The number of piperazine rings is 1. The molecule has 2 N–H and O–H groups in total. The third-order valence-corrected chi connectivity index (χ3v) is 4.66. The van der Waals surface area contributed by atoms with E-state index in [4.69, 9.17) is 0 Å². The number of aryl methyl sites for hydroxylation is 1. The van der Waals surface area contributed by atoms with E-state index in [-0.39, 0.29) is 11.1 Å². The van der Waals surface area contributed by atoms with E-state index in [1.54, 1.807) is 0 Å². The van der Waals surface area contributed by atoms with Crippen LogP contribution in [0.4, 0.5) is 0 Å². The monoisotopic (exact) mass is 258 g/mol. The molecule has 0 radical (unpaired) electrons. The molecular formula is C10H18N4O2S. The van der Waals surface area contributed by atoms with Gasteiger partial charge < -0.3 is 10.3 Å². The van der Waals surface area contributed by atoms with Crippen LogP contribution in [-0.2, 0) is 16.4 Å². The van der Waals surface area contributed by atoms with Gasteiger partial charge in [-0.3, -0.25) is 0 Å². The molecule has 1 aliphatic rings. The van der Waals surface area contributed by atoms with E-state index < -0.39 is 10.0 Å². The number of rotatable bonds is 3. The van der Waals surface area contributed by atoms with Crippen molar-refractivity contribution in [3.05, 3.63) is 12.0 Å². The average Bonchev–Trinajstić information content (AvgIpc) is 2.78. The van der Waals surface area contributed by atoms with Crippen molar-refractivity contribution in [3.63, 3.8) is 0 Å². The summed E-state index contributed by atoms with van der Waals surface area (Å²) in [4.78, 5) is 6.89. The third kappa shape index (κ3) is 2.51. The molecule has 0 spiro atoms. The topological polar surface area (TPSA) is 78.1 Å². The SMILES string of the molecule is CCc1ncc(S(=O)(=O)N2CCN[C@H](C)C2)[nH]1. The Kier molecular flexibility index (Phi) is 3.50. The molecule has 0 bridgehead atoms. The molecule has 0 unspecified atom stereocenters. The predicted octanol–water partition coefficient (Wildman–Crippen LogP) is -0.0455. The molecule has 0 amide bonds. The van der Waals surface area contributed by atoms with Gasteiger partial charge in [0.2, 0.25) is 0 Å². The maximum absolute atomic E-state index is 12.3. The highest BCUT2D eigenvalue weighted by atomic mass is 32.2. The molecule has 7 heteroatoms. The maximum atomic E-state index is 12.3. The highest BCUT2D eigenvalue weighted by Gasteiger charge is 2.29. The molecule has 17 heavy (non-hydrogen) atoms. The molecule has 0 aromatic carbocycles. The van der Waals surface area contributed by atoms with Crippen molar-refractivity contribution in [1.82, 2.24) is 19.6 Å². The van der Waals surface area contributed by atoms with E-state index in [0.717, 1.165) is 0 Å². The lowest BCUT2D eigenvalue weighted by Gasteiger charge is -2.30. The van der Waals surface area contributed by atoms with E-state index in [1.807, 2.05) is 13.8 Å². The molecule has 1 fully saturated rings. The van der Waals surface area contributed by atoms with Crippen LogP contribution in [0.3, 0.4) is 0 Å². The first kappa shape index (κ1) is 12.5. The second-order valence-electron chi connectivity index (χ2n) is 4.27. The molecule has 1 aromatic rings. The van der Waals surface area contributed by atoms with Crippen LogP contribution < -0.4 is 5.32 Å². The second-order valence-corrected chi connectivity index (χ2v) is 6.17. The first-order chi connectivity index (χ1) is 8.04. The van der Waals surface area contributed by atoms with Gasteiger partial charge in [-0.25, -0.2) is 13.4 Å². The van der Waals surface area contributed by atoms with Crippen molar-refractivity contribution in [1.29, 1.82) is 0 Å². The summed E-state index contributed by atoms with van der Waals surface area (Å²) in [6.07, 6.45) is 2.11. The Bertz CT molecular complexity index is 482. The maximum Gasteiger partial charge on any atom is 0.260 e. The van der Waals surface area contributed by atoms with E-state index in [1.165, 1.54) is 10.5 Å². The average molecular weight is 258 g/mol. The number of hydrogen-bond donors (Lipinski definition) is 2. The summed E-state index contributed by atoms with van der Waals surface area (Å²) in [7, 11) is -3.41. The van der Waals surface area contributed by atoms with Gasteiger partial charge in [0.1, 0.15) is 5.82 Å². The zero-order valence-corrected chi connectivity index (χ0v) is 10.9. The largest absolute Gasteiger partial charge is 0.332 e. The van der Waals surface area contributed by atoms with Crippen molar-refractivity contribution in [2.24, 2.45) is 0 Å². The molecule has 1 aromatic heterocycles. The summed E-state index contributed by atoms with van der Waals surface area (Å²) >= 11 is 0. The molecular weight excluding hydrogens is 240 g/mol. The first-order valence-corrected chi connectivity index (χ1v) is 7.25. The lowest BCUT2D eigenvalue weighted by Crippen LogP contribution is -2.51. The van der Waals surface area contributed by atoms with Gasteiger partial charge in [0.25, 0.3) is 10.0 Å². The van der Waals surface area contributed by atoms with E-state index in [0.29, 0.717) is 31.9 Å². The highest BCUT2D eigenvalue weighted by molar-refractivity contribution is 7.89. The summed E-state index contributed by atoms with van der Waals surface area (Å²) < 4.78 is 26.1. The number of hydrogen-bond acceptors (Lipinski definition) is 4. The molecule has 96 valence electrons. The van der Waals surface area contributed by atoms with Crippen LogP contribution in [0.25, 0.3) is 0 Å². The molecule has 2 heterocycles. The quantitative estimate of drug-likeness (QED) is 0.797. The fourth-order valence-electron chi connectivity index (χ4n) is 1.91. The lowest BCUT2D eigenvalue weighted by molar-refractivity contribution is 0.309. The Balaban J connectivity index is 2.23. The molecule has 0 saturated carbocycles. The van der Waals surface area contributed by atoms with Crippen molar-refractivity contribution < 1.29 is 8.42 Å². The van der Waals surface area contributed by atoms with Gasteiger partial charge in [-0.15, -0.1) is 0 Å². The first-order valence-electron chi connectivity index (χ1n) is 5.81. The van der Waals surface area contributed by atoms with Crippen molar-refractivity contribution >= 4 is 10.0 Å². The zero-order chi connectivity index (χ0) is 12.5. The Morgan fingerprint density at radius 2 is 2.35 bits per heavy atom. The summed E-state index contributed by atoms with van der Waals surface area (Å²) in [5, 5.41) is 3.42. The fourth-order valence-corrected chi connectivity index (χ4v) is 3.37. The predicted molar refractivity (Wildman–Crippen MR) is 64.2 cm³/mol. The Hall–Kier alpha value is -0.920. The zero-order valence-electron chi connectivity index (χ0n) is 10.1. The fraction of sp³-hybridized carbons (Fsp3) is 0.700. The van der Waals surface area contributed by atoms with E-state index >= 15 is 0 Å². The van der Waals surface area contributed by atoms with Gasteiger partial charge >= 0.3 is 0 Å². The molecule has 2 rings (SSSR count). The normalized spacial score (nSPS) is 22.8. The summed E-state index contributed by atoms with van der Waals surface area (Å²) in [5.41, 5.74) is 0. The van der Waals surface area contributed by atoms with Crippen molar-refractivity contribution in [3.8, 4) is 0 Å². The number of nitrogens with one attached hydrogen (secondary N) is 2. The number of nitrogens with zero attached hydrogens (tertiary/aromatic N) is 2. The van der Waals surface area contributed by atoms with Gasteiger partial charge in [-0.2, -0.15) is 4.31 Å². The smallest absolute Gasteiger partial charge is 0.260 e. The molecule has 1 atom stereocenters. The molecule has 1 aliphatic heterocycles. The van der Waals surface area contributed by atoms with Crippen LogP contribution in [0.5, 0.6) is 0 Å². The Morgan fingerprint density at radius 3 is 2.94 bits per heavy atom. The molecule has 1 saturated heterocycles. The van der Waals surface area contributed by atoms with Gasteiger partial charge in [0.05, 0.1) is 6.20 Å². The Morgan fingerprint density at radius 1 is 1.59 bits per heavy atom. The summed E-state index contributed by atoms with van der Waals surface area (Å²) in [5.74, 6) is 0.701. The summed E-state index contributed by atoms with van der Waals surface area (Å²) in [6.45, 7) is 5.61. The van der Waals surface area contributed by atoms with Crippen LogP contribution in [0, 0.1) is 0 Å². The summed E-state index contributed by atoms with van der Waals surface area (Å²) in [6, 6.07) is 0.187. The van der Waals surface area contributed by atoms with Gasteiger partial charge in [0, 0.05) is 32.1 Å². The van der Waals surface area contributed by atoms with Crippen molar-refractivity contribution in [2.75, 3.05) is 19.6 Å². The van der Waals surface area contributed by atoms with Gasteiger partial charge in [-0.1, -0.05) is 6.92 Å². The number of aromatic amines is 1. The van der Waals surface area contributed by atoms with Crippen LogP contribution in [0.15, 0.2) is 11.2 Å². The van der Waals surface area contributed by atoms with E-state index in [2.05, 4.69) is 15.3 Å². The number of aromatic nitrogens is 2. The van der Waals surface area contributed by atoms with Gasteiger partial charge in [-0.05, 0) is 6.92 Å². The standard InChI is InChI=1S/C10H18N4O2S/c1-3-9-12-6-10(13-9)17(15,16)14-5-4-11-8(2)7-14/h6,8,11H,3-5,7H2,1-2H3,(H,12,13)/t8-/m1/s1. The van der Waals surface area contributed by atoms with Gasteiger partial charge in [0.15, 0.2) is 5.03 Å². The van der Waals surface area contributed by atoms with Crippen LogP contribution in [0.2, 0.25) is 0 Å². The minimum Gasteiger partial charge on any atom is -0.332 e. The highest BCUT2D eigenvalue weighted by Crippen LogP contribution is 2.15. The number of imidazole rings is 1. The van der Waals surface area contributed by atoms with Crippen molar-refractivity contribution in [2.45, 2.75) is 31.3 Å². The van der Waals surface area contributed by atoms with Crippen LogP contribution >= 0.6 is 0 Å². The van der Waals surface area contributed by atoms with Crippen LogP contribution in [-0.4, -0.2) is 48.4 Å². The minimum absolute atomic E-state index is 0.187. The number of sulfonamides is 1. The second kappa shape index (κ2) is 4.75. The third-order valence-electron chi connectivity index (χ3n) is 2.89. The lowest BCUT2D eigenvalue weighted by atomic mass is 10.3. The Labute approximate surface area is 101 Å².